The fourth-order valence-corrected chi connectivity index (χ4v) is 2.53. The van der Waals surface area contributed by atoms with E-state index in [1.54, 1.807) is 6.07 Å². The molecule has 0 aliphatic carbocycles. The summed E-state index contributed by atoms with van der Waals surface area (Å²) in [5, 5.41) is 11.4. The van der Waals surface area contributed by atoms with Crippen molar-refractivity contribution in [1.82, 2.24) is 15.5 Å². The van der Waals surface area contributed by atoms with E-state index in [0.29, 0.717) is 11.3 Å². The minimum absolute atomic E-state index is 0.0176. The van der Waals surface area contributed by atoms with Crippen molar-refractivity contribution < 1.29 is 9.59 Å². The Morgan fingerprint density at radius 1 is 1.13 bits per heavy atom. The third-order valence-electron chi connectivity index (χ3n) is 3.64. The molecule has 116 valence electrons. The number of fused-ring (bicyclic) bond motifs is 1. The lowest BCUT2D eigenvalue weighted by atomic mass is 10.0. The summed E-state index contributed by atoms with van der Waals surface area (Å²) >= 11 is 0. The summed E-state index contributed by atoms with van der Waals surface area (Å²) in [4.78, 5) is 24.3. The van der Waals surface area contributed by atoms with Gasteiger partial charge in [-0.15, -0.1) is 0 Å². The van der Waals surface area contributed by atoms with E-state index in [2.05, 4.69) is 15.5 Å². The molecule has 0 saturated heterocycles. The van der Waals surface area contributed by atoms with Gasteiger partial charge < -0.3 is 5.32 Å². The number of carbonyl (C=O) groups excluding carboxylic acids is 2. The molecular formula is C18H17N3O2. The van der Waals surface area contributed by atoms with E-state index in [1.807, 2.05) is 49.4 Å². The van der Waals surface area contributed by atoms with E-state index < -0.39 is 0 Å². The third-order valence-corrected chi connectivity index (χ3v) is 3.64. The van der Waals surface area contributed by atoms with Crippen LogP contribution in [-0.2, 0) is 11.2 Å². The van der Waals surface area contributed by atoms with Crippen molar-refractivity contribution in [2.45, 2.75) is 13.3 Å². The van der Waals surface area contributed by atoms with Gasteiger partial charge in [0.15, 0.2) is 5.78 Å². The van der Waals surface area contributed by atoms with Crippen molar-refractivity contribution in [1.29, 1.82) is 0 Å². The molecule has 0 aliphatic rings. The Balaban J connectivity index is 1.65. The lowest BCUT2D eigenvalue weighted by Crippen LogP contribution is -2.30. The number of carbonyl (C=O) groups is 2. The number of hydrogen-bond donors (Lipinski definition) is 2. The molecule has 1 heterocycles. The summed E-state index contributed by atoms with van der Waals surface area (Å²) in [6.07, 6.45) is 0.160. The van der Waals surface area contributed by atoms with Gasteiger partial charge in [0.1, 0.15) is 0 Å². The predicted molar refractivity (Wildman–Crippen MR) is 88.3 cm³/mol. The van der Waals surface area contributed by atoms with Crippen LogP contribution < -0.4 is 5.32 Å². The molecule has 23 heavy (non-hydrogen) atoms. The molecule has 3 aromatic rings. The third kappa shape index (κ3) is 3.45. The minimum atomic E-state index is -0.218. The maximum absolute atomic E-state index is 12.4. The monoisotopic (exact) mass is 307 g/mol. The number of Topliss-reactive ketones (excluding diaryl/α,β-unsaturated/α-hetero) is 1. The van der Waals surface area contributed by atoms with Gasteiger partial charge in [-0.2, -0.15) is 5.10 Å². The second-order valence-electron chi connectivity index (χ2n) is 5.45. The molecular weight excluding hydrogens is 290 g/mol. The molecule has 5 heteroatoms. The first kappa shape index (κ1) is 15.0. The Morgan fingerprint density at radius 3 is 2.70 bits per heavy atom. The predicted octanol–water partition coefficient (Wildman–Crippen LogP) is 2.41. The van der Waals surface area contributed by atoms with E-state index in [1.165, 1.54) is 0 Å². The quantitative estimate of drug-likeness (QED) is 0.711. The van der Waals surface area contributed by atoms with E-state index in [4.69, 9.17) is 0 Å². The Morgan fingerprint density at radius 2 is 1.91 bits per heavy atom. The van der Waals surface area contributed by atoms with Gasteiger partial charge >= 0.3 is 0 Å². The van der Waals surface area contributed by atoms with Gasteiger partial charge in [-0.05, 0) is 23.8 Å². The fourth-order valence-electron chi connectivity index (χ4n) is 2.53. The van der Waals surface area contributed by atoms with Crippen molar-refractivity contribution in [2.24, 2.45) is 0 Å². The minimum Gasteiger partial charge on any atom is -0.348 e. The molecule has 1 amide bonds. The molecule has 5 nitrogen and oxygen atoms in total. The van der Waals surface area contributed by atoms with E-state index in [9.17, 15) is 9.59 Å². The zero-order chi connectivity index (χ0) is 16.2. The standard InChI is InChI=1S/C18H17N3O2/c1-12-9-14(21-20-12)10-18(23)19-11-17(22)16-8-4-6-13-5-2-3-7-15(13)16/h2-9H,10-11H2,1H3,(H,19,23)(H,20,21). The number of benzene rings is 2. The number of aromatic amines is 1. The number of amides is 1. The van der Waals surface area contributed by atoms with Crippen LogP contribution in [0, 0.1) is 6.92 Å². The number of aromatic nitrogens is 2. The van der Waals surface area contributed by atoms with Crippen LogP contribution in [0.15, 0.2) is 48.5 Å². The molecule has 2 aromatic carbocycles. The van der Waals surface area contributed by atoms with E-state index in [-0.39, 0.29) is 24.7 Å². The maximum Gasteiger partial charge on any atom is 0.226 e. The highest BCUT2D eigenvalue weighted by molar-refractivity contribution is 6.09. The number of rotatable bonds is 5. The SMILES string of the molecule is Cc1cc(CC(=O)NCC(=O)c2cccc3ccccc23)n[nH]1. The lowest BCUT2D eigenvalue weighted by Gasteiger charge is -2.07. The summed E-state index contributed by atoms with van der Waals surface area (Å²) < 4.78 is 0. The summed E-state index contributed by atoms with van der Waals surface area (Å²) in [6, 6.07) is 15.1. The molecule has 0 aliphatic heterocycles. The van der Waals surface area contributed by atoms with Crippen molar-refractivity contribution >= 4 is 22.5 Å². The highest BCUT2D eigenvalue weighted by Gasteiger charge is 2.12. The summed E-state index contributed by atoms with van der Waals surface area (Å²) in [6.45, 7) is 1.86. The molecule has 0 radical (unpaired) electrons. The Hall–Kier alpha value is -2.95. The van der Waals surface area contributed by atoms with Crippen molar-refractivity contribution in [2.75, 3.05) is 6.54 Å². The highest BCUT2D eigenvalue weighted by atomic mass is 16.2. The number of H-pyrrole nitrogens is 1. The molecule has 0 saturated carbocycles. The van der Waals surface area contributed by atoms with Crippen molar-refractivity contribution in [3.05, 3.63) is 65.5 Å². The van der Waals surface area contributed by atoms with Crippen LogP contribution in [0.5, 0.6) is 0 Å². The van der Waals surface area contributed by atoms with Gasteiger partial charge in [-0.3, -0.25) is 14.7 Å². The van der Waals surface area contributed by atoms with Gasteiger partial charge in [-0.1, -0.05) is 42.5 Å². The molecule has 1 aromatic heterocycles. The Bertz CT molecular complexity index is 862. The zero-order valence-electron chi connectivity index (χ0n) is 12.8. The second kappa shape index (κ2) is 6.44. The number of aryl methyl sites for hydroxylation is 1. The Kier molecular flexibility index (Phi) is 4.19. The first-order valence-electron chi connectivity index (χ1n) is 7.42. The van der Waals surface area contributed by atoms with Crippen LogP contribution in [0.3, 0.4) is 0 Å². The molecule has 2 N–H and O–H groups in total. The smallest absolute Gasteiger partial charge is 0.226 e. The number of hydrogen-bond acceptors (Lipinski definition) is 3. The van der Waals surface area contributed by atoms with Crippen LogP contribution >= 0.6 is 0 Å². The summed E-state index contributed by atoms with van der Waals surface area (Å²) in [5.74, 6) is -0.321. The second-order valence-corrected chi connectivity index (χ2v) is 5.45. The average Bonchev–Trinajstić information content (AvgIpc) is 2.97. The van der Waals surface area contributed by atoms with Gasteiger partial charge in [0.05, 0.1) is 18.7 Å². The van der Waals surface area contributed by atoms with Crippen LogP contribution in [0.1, 0.15) is 21.7 Å². The van der Waals surface area contributed by atoms with E-state index >= 15 is 0 Å². The molecule has 0 spiro atoms. The number of nitrogens with one attached hydrogen (secondary N) is 2. The molecule has 0 unspecified atom stereocenters. The van der Waals surface area contributed by atoms with Crippen molar-refractivity contribution in [3.63, 3.8) is 0 Å². The van der Waals surface area contributed by atoms with Gasteiger partial charge in [0, 0.05) is 11.3 Å². The number of ketones is 1. The molecule has 3 rings (SSSR count). The van der Waals surface area contributed by atoms with Crippen LogP contribution in [-0.4, -0.2) is 28.4 Å². The first-order chi connectivity index (χ1) is 11.1. The van der Waals surface area contributed by atoms with Crippen LogP contribution in [0.4, 0.5) is 0 Å². The Labute approximate surface area is 133 Å². The zero-order valence-corrected chi connectivity index (χ0v) is 12.8. The highest BCUT2D eigenvalue weighted by Crippen LogP contribution is 2.18. The lowest BCUT2D eigenvalue weighted by molar-refractivity contribution is -0.120. The largest absolute Gasteiger partial charge is 0.348 e. The maximum atomic E-state index is 12.4. The fraction of sp³-hybridized carbons (Fsp3) is 0.167. The normalized spacial score (nSPS) is 10.7. The van der Waals surface area contributed by atoms with Gasteiger partial charge in [-0.25, -0.2) is 0 Å². The van der Waals surface area contributed by atoms with Crippen LogP contribution in [0.25, 0.3) is 10.8 Å². The molecule has 0 fully saturated rings. The first-order valence-corrected chi connectivity index (χ1v) is 7.42. The molecule has 0 bridgehead atoms. The topological polar surface area (TPSA) is 74.8 Å². The number of nitrogens with zero attached hydrogens (tertiary/aromatic N) is 1. The van der Waals surface area contributed by atoms with Gasteiger partial charge in [0.25, 0.3) is 0 Å². The summed E-state index contributed by atoms with van der Waals surface area (Å²) in [7, 11) is 0. The van der Waals surface area contributed by atoms with E-state index in [0.717, 1.165) is 16.5 Å². The summed E-state index contributed by atoms with van der Waals surface area (Å²) in [5.41, 5.74) is 2.19. The average molecular weight is 307 g/mol. The van der Waals surface area contributed by atoms with Gasteiger partial charge in [0.2, 0.25) is 5.91 Å². The van der Waals surface area contributed by atoms with Crippen molar-refractivity contribution in [3.8, 4) is 0 Å². The molecule has 0 atom stereocenters. The van der Waals surface area contributed by atoms with Crippen LogP contribution in [0.2, 0.25) is 0 Å².